The van der Waals surface area contributed by atoms with Crippen LogP contribution < -0.4 is 5.73 Å². The first-order chi connectivity index (χ1) is 7.96. The molecule has 100 valence electrons. The molecule has 17 heavy (non-hydrogen) atoms. The summed E-state index contributed by atoms with van der Waals surface area (Å²) >= 11 is 1.76. The van der Waals surface area contributed by atoms with Crippen molar-refractivity contribution in [2.24, 2.45) is 5.73 Å². The van der Waals surface area contributed by atoms with Crippen LogP contribution in [0.1, 0.15) is 33.1 Å². The number of aliphatic hydroxyl groups is 1. The van der Waals surface area contributed by atoms with Crippen LogP contribution in [0.5, 0.6) is 0 Å². The lowest BCUT2D eigenvalue weighted by molar-refractivity contribution is -0.177. The third-order valence-electron chi connectivity index (χ3n) is 3.51. The van der Waals surface area contributed by atoms with Crippen LogP contribution in [0.2, 0.25) is 0 Å². The summed E-state index contributed by atoms with van der Waals surface area (Å²) in [5, 5.41) is 9.64. The molecule has 1 spiro atoms. The average Bonchev–Trinajstić information content (AvgIpc) is 2.72. The second-order valence-electron chi connectivity index (χ2n) is 5.59. The van der Waals surface area contributed by atoms with Gasteiger partial charge in [-0.25, -0.2) is 0 Å². The van der Waals surface area contributed by atoms with Crippen molar-refractivity contribution < 1.29 is 14.6 Å². The number of nitrogens with two attached hydrogens (primary N) is 1. The fourth-order valence-electron chi connectivity index (χ4n) is 2.47. The van der Waals surface area contributed by atoms with Crippen molar-refractivity contribution >= 4 is 11.8 Å². The highest BCUT2D eigenvalue weighted by atomic mass is 32.2. The van der Waals surface area contributed by atoms with E-state index in [-0.39, 0.29) is 23.2 Å². The summed E-state index contributed by atoms with van der Waals surface area (Å²) in [6.07, 6.45) is 2.66. The van der Waals surface area contributed by atoms with E-state index in [0.29, 0.717) is 18.5 Å². The summed E-state index contributed by atoms with van der Waals surface area (Å²) in [6, 6.07) is 0.171. The Bertz CT molecular complexity index is 266. The topological polar surface area (TPSA) is 64.7 Å². The molecule has 3 N–H and O–H groups in total. The highest BCUT2D eigenvalue weighted by Crippen LogP contribution is 2.43. The van der Waals surface area contributed by atoms with Gasteiger partial charge in [-0.15, -0.1) is 11.8 Å². The van der Waals surface area contributed by atoms with Gasteiger partial charge >= 0.3 is 0 Å². The Labute approximate surface area is 107 Å². The first kappa shape index (κ1) is 13.6. The molecule has 4 nitrogen and oxygen atoms in total. The van der Waals surface area contributed by atoms with Crippen molar-refractivity contribution in [2.45, 2.75) is 54.9 Å². The standard InChI is InChI=1S/C12H23NO3S/c1-11(2,8-14)17-10-7-12(4-3-9(10)13)15-5-6-16-12/h9-10,14H,3-8,13H2,1-2H3. The molecule has 0 amide bonds. The van der Waals surface area contributed by atoms with Gasteiger partial charge in [-0.2, -0.15) is 0 Å². The van der Waals surface area contributed by atoms with E-state index in [0.717, 1.165) is 19.3 Å². The average molecular weight is 261 g/mol. The highest BCUT2D eigenvalue weighted by molar-refractivity contribution is 8.01. The molecule has 0 aromatic carbocycles. The Balaban J connectivity index is 2.00. The molecule has 0 bridgehead atoms. The van der Waals surface area contributed by atoms with Crippen molar-refractivity contribution in [1.29, 1.82) is 0 Å². The number of aliphatic hydroxyl groups excluding tert-OH is 1. The van der Waals surface area contributed by atoms with Gasteiger partial charge in [0.25, 0.3) is 0 Å². The lowest BCUT2D eigenvalue weighted by Crippen LogP contribution is -2.49. The van der Waals surface area contributed by atoms with E-state index in [1.165, 1.54) is 0 Å². The molecule has 2 rings (SSSR count). The van der Waals surface area contributed by atoms with Crippen LogP contribution in [0.3, 0.4) is 0 Å². The maximum Gasteiger partial charge on any atom is 0.169 e. The third-order valence-corrected chi connectivity index (χ3v) is 5.10. The first-order valence-corrected chi connectivity index (χ1v) is 7.17. The molecule has 2 aliphatic rings. The molecule has 0 aromatic heterocycles. The summed E-state index contributed by atoms with van der Waals surface area (Å²) < 4.78 is 11.4. The minimum Gasteiger partial charge on any atom is -0.395 e. The monoisotopic (exact) mass is 261 g/mol. The molecular weight excluding hydrogens is 238 g/mol. The molecule has 2 atom stereocenters. The van der Waals surface area contributed by atoms with E-state index in [1.807, 2.05) is 13.8 Å². The summed E-state index contributed by atoms with van der Waals surface area (Å²) in [5.74, 6) is -0.390. The van der Waals surface area contributed by atoms with E-state index in [9.17, 15) is 5.11 Å². The molecule has 0 aromatic rings. The van der Waals surface area contributed by atoms with E-state index in [1.54, 1.807) is 11.8 Å². The first-order valence-electron chi connectivity index (χ1n) is 6.29. The van der Waals surface area contributed by atoms with Crippen LogP contribution in [0, 0.1) is 0 Å². The summed E-state index contributed by atoms with van der Waals surface area (Å²) in [6.45, 7) is 5.63. The maximum absolute atomic E-state index is 9.34. The van der Waals surface area contributed by atoms with Crippen molar-refractivity contribution in [1.82, 2.24) is 0 Å². The number of thioether (sulfide) groups is 1. The molecule has 1 saturated carbocycles. The van der Waals surface area contributed by atoms with Gasteiger partial charge in [-0.1, -0.05) is 0 Å². The SMILES string of the molecule is CC(C)(CO)SC1CC2(CCC1N)OCCO2. The Kier molecular flexibility index (Phi) is 4.05. The van der Waals surface area contributed by atoms with Gasteiger partial charge in [0.1, 0.15) is 0 Å². The number of hydrogen-bond donors (Lipinski definition) is 2. The van der Waals surface area contributed by atoms with Gasteiger partial charge in [0.05, 0.1) is 19.8 Å². The van der Waals surface area contributed by atoms with Crippen LogP contribution in [0.4, 0.5) is 0 Å². The Morgan fingerprint density at radius 1 is 1.41 bits per heavy atom. The smallest absolute Gasteiger partial charge is 0.169 e. The molecule has 2 unspecified atom stereocenters. The molecule has 1 heterocycles. The summed E-state index contributed by atoms with van der Waals surface area (Å²) in [4.78, 5) is 0. The van der Waals surface area contributed by atoms with Crippen LogP contribution in [0.25, 0.3) is 0 Å². The van der Waals surface area contributed by atoms with Gasteiger partial charge in [0.2, 0.25) is 0 Å². The second kappa shape index (κ2) is 5.05. The van der Waals surface area contributed by atoms with Crippen LogP contribution in [-0.4, -0.2) is 46.8 Å². The predicted octanol–water partition coefficient (Wildman–Crippen LogP) is 1.11. The second-order valence-corrected chi connectivity index (χ2v) is 7.53. The van der Waals surface area contributed by atoms with Crippen molar-refractivity contribution in [3.8, 4) is 0 Å². The van der Waals surface area contributed by atoms with Gasteiger partial charge in [0, 0.05) is 28.9 Å². The largest absolute Gasteiger partial charge is 0.395 e. The molecular formula is C12H23NO3S. The molecule has 5 heteroatoms. The Hall–Kier alpha value is 0.190. The molecule has 2 fully saturated rings. The molecule has 1 aliphatic heterocycles. The van der Waals surface area contributed by atoms with Crippen LogP contribution >= 0.6 is 11.8 Å². The Morgan fingerprint density at radius 2 is 2.06 bits per heavy atom. The van der Waals surface area contributed by atoms with E-state index in [2.05, 4.69) is 0 Å². The highest BCUT2D eigenvalue weighted by Gasteiger charge is 2.45. The summed E-state index contributed by atoms with van der Waals surface area (Å²) in [7, 11) is 0. The fraction of sp³-hybridized carbons (Fsp3) is 1.00. The van der Waals surface area contributed by atoms with E-state index >= 15 is 0 Å². The number of hydrogen-bond acceptors (Lipinski definition) is 5. The molecule has 1 saturated heterocycles. The van der Waals surface area contributed by atoms with E-state index in [4.69, 9.17) is 15.2 Å². The number of rotatable bonds is 3. The fourth-order valence-corrected chi connectivity index (χ4v) is 4.01. The molecule has 1 aliphatic carbocycles. The summed E-state index contributed by atoms with van der Waals surface area (Å²) in [5.41, 5.74) is 6.18. The zero-order chi connectivity index (χ0) is 12.5. The van der Waals surface area contributed by atoms with Gasteiger partial charge in [0.15, 0.2) is 5.79 Å². The van der Waals surface area contributed by atoms with Gasteiger partial charge < -0.3 is 20.3 Å². The minimum atomic E-state index is -0.390. The zero-order valence-electron chi connectivity index (χ0n) is 10.6. The lowest BCUT2D eigenvalue weighted by atomic mass is 9.90. The third kappa shape index (κ3) is 3.15. The number of ether oxygens (including phenoxy) is 2. The van der Waals surface area contributed by atoms with Crippen molar-refractivity contribution in [2.75, 3.05) is 19.8 Å². The minimum absolute atomic E-state index is 0.153. The molecule has 0 radical (unpaired) electrons. The van der Waals surface area contributed by atoms with Crippen LogP contribution in [0.15, 0.2) is 0 Å². The predicted molar refractivity (Wildman–Crippen MR) is 69.0 cm³/mol. The van der Waals surface area contributed by atoms with Crippen molar-refractivity contribution in [3.05, 3.63) is 0 Å². The van der Waals surface area contributed by atoms with Crippen molar-refractivity contribution in [3.63, 3.8) is 0 Å². The normalized spacial score (nSPS) is 33.2. The van der Waals surface area contributed by atoms with Crippen LogP contribution in [-0.2, 0) is 9.47 Å². The van der Waals surface area contributed by atoms with E-state index < -0.39 is 0 Å². The quantitative estimate of drug-likeness (QED) is 0.797. The maximum atomic E-state index is 9.34. The van der Waals surface area contributed by atoms with Gasteiger partial charge in [-0.3, -0.25) is 0 Å². The zero-order valence-corrected chi connectivity index (χ0v) is 11.5. The lowest BCUT2D eigenvalue weighted by Gasteiger charge is -2.41. The Morgan fingerprint density at radius 3 is 2.65 bits per heavy atom. The van der Waals surface area contributed by atoms with Gasteiger partial charge in [-0.05, 0) is 20.3 Å².